The van der Waals surface area contributed by atoms with Crippen LogP contribution in [-0.2, 0) is 20.0 Å². The molecule has 1 saturated heterocycles. The normalized spacial score (nSPS) is 20.4. The number of hydrazine groups is 1. The van der Waals surface area contributed by atoms with Gasteiger partial charge in [-0.05, 0) is 44.5 Å². The van der Waals surface area contributed by atoms with Crippen LogP contribution in [0.25, 0.3) is 0 Å². The van der Waals surface area contributed by atoms with Gasteiger partial charge in [0.05, 0.1) is 9.79 Å². The summed E-state index contributed by atoms with van der Waals surface area (Å²) < 4.78 is 55.6. The summed E-state index contributed by atoms with van der Waals surface area (Å²) in [7, 11) is -8.48. The van der Waals surface area contributed by atoms with Crippen LogP contribution in [0, 0.1) is 19.8 Å². The molecule has 0 aliphatic carbocycles. The molecule has 1 aliphatic rings. The third-order valence-electron chi connectivity index (χ3n) is 6.10. The molecule has 0 bridgehead atoms. The lowest BCUT2D eigenvalue weighted by atomic mass is 10.0. The van der Waals surface area contributed by atoms with Crippen LogP contribution in [0.2, 0.25) is 0 Å². The maximum atomic E-state index is 13.5. The molecule has 9 heteroatoms. The van der Waals surface area contributed by atoms with Gasteiger partial charge in [0.2, 0.25) is 0 Å². The van der Waals surface area contributed by atoms with Crippen molar-refractivity contribution < 1.29 is 21.9 Å². The van der Waals surface area contributed by atoms with Crippen molar-refractivity contribution >= 4 is 20.0 Å². The van der Waals surface area contributed by atoms with E-state index in [1.54, 1.807) is 24.3 Å². The van der Waals surface area contributed by atoms with Gasteiger partial charge in [-0.3, -0.25) is 0 Å². The first-order chi connectivity index (χ1) is 15.6. The molecule has 7 nitrogen and oxygen atoms in total. The fraction of sp³-hybridized carbons (Fsp3) is 0.500. The first kappa shape index (κ1) is 25.8. The van der Waals surface area contributed by atoms with Crippen LogP contribution < -0.4 is 0 Å². The van der Waals surface area contributed by atoms with Gasteiger partial charge in [0, 0.05) is 12.5 Å². The quantitative estimate of drug-likeness (QED) is 0.499. The number of aliphatic hydroxyl groups excluding tert-OH is 1. The Hall–Kier alpha value is -1.78. The molecule has 1 fully saturated rings. The molecule has 0 aromatic heterocycles. The van der Waals surface area contributed by atoms with E-state index in [1.807, 2.05) is 13.8 Å². The molecule has 1 heterocycles. The molecule has 2 aromatic rings. The van der Waals surface area contributed by atoms with E-state index in [0.717, 1.165) is 47.6 Å². The lowest BCUT2D eigenvalue weighted by Crippen LogP contribution is -2.48. The predicted octanol–water partition coefficient (Wildman–Crippen LogP) is 4.21. The topological polar surface area (TPSA) is 95.0 Å². The minimum Gasteiger partial charge on any atom is -0.376 e. The van der Waals surface area contributed by atoms with Crippen LogP contribution >= 0.6 is 0 Å². The van der Waals surface area contributed by atoms with Gasteiger partial charge < -0.3 is 5.11 Å². The van der Waals surface area contributed by atoms with Crippen molar-refractivity contribution in [3.8, 4) is 0 Å². The lowest BCUT2D eigenvalue weighted by Gasteiger charge is -2.28. The van der Waals surface area contributed by atoms with E-state index in [2.05, 4.69) is 6.92 Å². The first-order valence-corrected chi connectivity index (χ1v) is 14.4. The van der Waals surface area contributed by atoms with Gasteiger partial charge in [0.25, 0.3) is 20.0 Å². The highest BCUT2D eigenvalue weighted by Crippen LogP contribution is 2.36. The van der Waals surface area contributed by atoms with E-state index in [1.165, 1.54) is 24.3 Å². The highest BCUT2D eigenvalue weighted by Gasteiger charge is 2.51. The average Bonchev–Trinajstić information content (AvgIpc) is 3.12. The van der Waals surface area contributed by atoms with Crippen molar-refractivity contribution in [3.05, 3.63) is 59.7 Å². The largest absolute Gasteiger partial charge is 0.376 e. The van der Waals surface area contributed by atoms with Crippen LogP contribution in [0.15, 0.2) is 58.3 Å². The van der Waals surface area contributed by atoms with E-state index in [0.29, 0.717) is 10.8 Å². The number of sulfonamides is 2. The molecule has 182 valence electrons. The van der Waals surface area contributed by atoms with Gasteiger partial charge in [0.15, 0.2) is 0 Å². The van der Waals surface area contributed by atoms with E-state index < -0.39 is 32.2 Å². The van der Waals surface area contributed by atoms with E-state index in [4.69, 9.17) is 0 Å². The molecule has 0 amide bonds. The first-order valence-electron chi connectivity index (χ1n) is 11.5. The summed E-state index contributed by atoms with van der Waals surface area (Å²) >= 11 is 0. The van der Waals surface area contributed by atoms with Gasteiger partial charge in [-0.1, -0.05) is 78.8 Å². The maximum Gasteiger partial charge on any atom is 0.259 e. The molecular formula is C24H34N2O5S2. The number of benzene rings is 2. The Morgan fingerprint density at radius 1 is 0.788 bits per heavy atom. The molecule has 1 N–H and O–H groups in total. The second-order valence-corrected chi connectivity index (χ2v) is 12.4. The van der Waals surface area contributed by atoms with Crippen molar-refractivity contribution in [1.82, 2.24) is 8.83 Å². The number of aryl methyl sites for hydroxylation is 2. The number of unbranched alkanes of at least 4 members (excludes halogenated alkanes) is 4. The molecular weight excluding hydrogens is 460 g/mol. The number of aliphatic hydroxyl groups is 1. The van der Waals surface area contributed by atoms with Crippen molar-refractivity contribution in [2.75, 3.05) is 6.54 Å². The monoisotopic (exact) mass is 494 g/mol. The van der Waals surface area contributed by atoms with Gasteiger partial charge in [0.1, 0.15) is 6.23 Å². The predicted molar refractivity (Wildman–Crippen MR) is 128 cm³/mol. The van der Waals surface area contributed by atoms with Crippen molar-refractivity contribution in [2.45, 2.75) is 75.3 Å². The molecule has 0 saturated carbocycles. The van der Waals surface area contributed by atoms with Gasteiger partial charge in [-0.15, -0.1) is 4.41 Å². The van der Waals surface area contributed by atoms with Crippen molar-refractivity contribution in [2.24, 2.45) is 5.92 Å². The summed E-state index contributed by atoms with van der Waals surface area (Å²) in [6, 6.07) is 12.4. The number of hydrogen-bond acceptors (Lipinski definition) is 5. The number of hydrogen-bond donors (Lipinski definition) is 1. The zero-order chi connectivity index (χ0) is 24.2. The van der Waals surface area contributed by atoms with Crippen LogP contribution in [0.3, 0.4) is 0 Å². The van der Waals surface area contributed by atoms with Crippen molar-refractivity contribution in [3.63, 3.8) is 0 Å². The van der Waals surface area contributed by atoms with E-state index in [-0.39, 0.29) is 16.3 Å². The highest BCUT2D eigenvalue weighted by molar-refractivity contribution is 7.92. The Kier molecular flexibility index (Phi) is 8.34. The zero-order valence-electron chi connectivity index (χ0n) is 19.5. The fourth-order valence-corrected chi connectivity index (χ4v) is 7.46. The molecule has 33 heavy (non-hydrogen) atoms. The van der Waals surface area contributed by atoms with Crippen molar-refractivity contribution in [1.29, 1.82) is 0 Å². The second-order valence-electron chi connectivity index (χ2n) is 8.79. The Balaban J connectivity index is 1.96. The van der Waals surface area contributed by atoms with Gasteiger partial charge in [-0.25, -0.2) is 16.8 Å². The molecule has 0 radical (unpaired) electrons. The fourth-order valence-electron chi connectivity index (χ4n) is 4.05. The van der Waals surface area contributed by atoms with Crippen LogP contribution in [0.1, 0.15) is 56.6 Å². The summed E-state index contributed by atoms with van der Waals surface area (Å²) in [5.41, 5.74) is 1.77. The molecule has 2 atom stereocenters. The van der Waals surface area contributed by atoms with E-state index >= 15 is 0 Å². The maximum absolute atomic E-state index is 13.5. The summed E-state index contributed by atoms with van der Waals surface area (Å²) in [5.74, 6) is -0.507. The molecule has 2 aromatic carbocycles. The zero-order valence-corrected chi connectivity index (χ0v) is 21.1. The lowest BCUT2D eigenvalue weighted by molar-refractivity contribution is 0.0137. The van der Waals surface area contributed by atoms with Gasteiger partial charge in [-0.2, -0.15) is 0 Å². The van der Waals surface area contributed by atoms with Crippen LogP contribution in [0.5, 0.6) is 0 Å². The highest BCUT2D eigenvalue weighted by atomic mass is 32.2. The summed E-state index contributed by atoms with van der Waals surface area (Å²) in [5, 5.41) is 11.1. The standard InChI is InChI=1S/C24H34N2O5S2/c1-4-5-6-7-8-9-21-18-25(32(28,29)22-14-10-19(2)11-15-22)26(24(21)27)33(30,31)23-16-12-20(3)13-17-23/h10-17,21,24,27H,4-9,18H2,1-3H3. The Bertz CT molecular complexity index is 1130. The van der Waals surface area contributed by atoms with Crippen LogP contribution in [-0.4, -0.2) is 43.5 Å². The third kappa shape index (κ3) is 5.66. The van der Waals surface area contributed by atoms with Gasteiger partial charge >= 0.3 is 0 Å². The summed E-state index contributed by atoms with van der Waals surface area (Å²) in [4.78, 5) is -0.0622. The second kappa shape index (κ2) is 10.7. The smallest absolute Gasteiger partial charge is 0.259 e. The molecule has 1 aliphatic heterocycles. The van der Waals surface area contributed by atoms with E-state index in [9.17, 15) is 21.9 Å². The Labute approximate surface area is 198 Å². The Morgan fingerprint density at radius 3 is 1.79 bits per heavy atom. The number of rotatable bonds is 10. The molecule has 2 unspecified atom stereocenters. The van der Waals surface area contributed by atoms with Crippen LogP contribution in [0.4, 0.5) is 0 Å². The third-order valence-corrected chi connectivity index (χ3v) is 9.72. The minimum atomic E-state index is -4.30. The number of nitrogens with zero attached hydrogens (tertiary/aromatic N) is 2. The summed E-state index contributed by atoms with van der Waals surface area (Å²) in [6.45, 7) is 5.72. The minimum absolute atomic E-state index is 0.00648. The SMILES string of the molecule is CCCCCCCC1CN(S(=O)(=O)c2ccc(C)cc2)N(S(=O)(=O)c2ccc(C)cc2)C1O. The molecule has 3 rings (SSSR count). The molecule has 0 spiro atoms. The average molecular weight is 495 g/mol. The Morgan fingerprint density at radius 2 is 1.27 bits per heavy atom. The summed E-state index contributed by atoms with van der Waals surface area (Å²) in [6.07, 6.45) is 4.15.